The van der Waals surface area contributed by atoms with Crippen molar-refractivity contribution >= 4 is 32.9 Å². The van der Waals surface area contributed by atoms with Gasteiger partial charge in [0.15, 0.2) is 17.0 Å². The minimum Gasteiger partial charge on any atom is -0.351 e. The number of hydrogen-bond acceptors (Lipinski definition) is 8. The predicted molar refractivity (Wildman–Crippen MR) is 119 cm³/mol. The lowest BCUT2D eigenvalue weighted by Gasteiger charge is -2.35. The summed E-state index contributed by atoms with van der Waals surface area (Å²) in [7, 11) is -1.77. The van der Waals surface area contributed by atoms with E-state index in [4.69, 9.17) is 0 Å². The van der Waals surface area contributed by atoms with Gasteiger partial charge in [-0.25, -0.2) is 23.1 Å². The number of aromatic nitrogens is 5. The Morgan fingerprint density at radius 1 is 1.03 bits per heavy atom. The molecule has 1 fully saturated rings. The first-order valence-corrected chi connectivity index (χ1v) is 12.0. The zero-order valence-corrected chi connectivity index (χ0v) is 19.2. The fraction of sp³-hybridized carbons (Fsp3) is 0.450. The summed E-state index contributed by atoms with van der Waals surface area (Å²) < 4.78 is 28.3. The number of hydrogen-bond donors (Lipinski definition) is 0. The quantitative estimate of drug-likeness (QED) is 0.531. The van der Waals surface area contributed by atoms with Crippen LogP contribution in [-0.4, -0.2) is 87.8 Å². The molecule has 0 bridgehead atoms. The van der Waals surface area contributed by atoms with Gasteiger partial charge in [-0.3, -0.25) is 4.79 Å². The maximum atomic E-state index is 13.0. The van der Waals surface area contributed by atoms with Crippen molar-refractivity contribution in [2.75, 3.05) is 44.2 Å². The van der Waals surface area contributed by atoms with Crippen molar-refractivity contribution in [3.63, 3.8) is 0 Å². The summed E-state index contributed by atoms with van der Waals surface area (Å²) >= 11 is 0. The van der Waals surface area contributed by atoms with Crippen LogP contribution in [0.25, 0.3) is 11.2 Å². The van der Waals surface area contributed by atoms with E-state index in [9.17, 15) is 13.2 Å². The summed E-state index contributed by atoms with van der Waals surface area (Å²) in [5.41, 5.74) is 1.77. The Morgan fingerprint density at radius 2 is 1.69 bits per heavy atom. The van der Waals surface area contributed by atoms with E-state index in [1.165, 1.54) is 22.8 Å². The fourth-order valence-corrected chi connectivity index (χ4v) is 5.32. The maximum Gasteiger partial charge on any atom is 0.253 e. The highest BCUT2D eigenvalue weighted by Crippen LogP contribution is 2.22. The van der Waals surface area contributed by atoms with E-state index < -0.39 is 10.0 Å². The van der Waals surface area contributed by atoms with E-state index in [1.807, 2.05) is 0 Å². The molecule has 32 heavy (non-hydrogen) atoms. The van der Waals surface area contributed by atoms with Gasteiger partial charge in [0.1, 0.15) is 6.33 Å². The first kappa shape index (κ1) is 22.1. The lowest BCUT2D eigenvalue weighted by Crippen LogP contribution is -2.49. The first-order chi connectivity index (χ1) is 15.4. The Labute approximate surface area is 186 Å². The van der Waals surface area contributed by atoms with Crippen molar-refractivity contribution < 1.29 is 13.2 Å². The number of rotatable bonds is 6. The maximum absolute atomic E-state index is 13.0. The van der Waals surface area contributed by atoms with Gasteiger partial charge in [-0.15, -0.1) is 5.10 Å². The van der Waals surface area contributed by atoms with Crippen molar-refractivity contribution in [3.05, 3.63) is 36.2 Å². The van der Waals surface area contributed by atoms with Crippen molar-refractivity contribution in [2.45, 2.75) is 18.7 Å². The van der Waals surface area contributed by atoms with E-state index in [1.54, 1.807) is 42.6 Å². The molecule has 0 aliphatic carbocycles. The zero-order valence-electron chi connectivity index (χ0n) is 18.3. The number of anilines is 1. The number of aryl methyl sites for hydroxylation is 1. The van der Waals surface area contributed by atoms with Crippen LogP contribution in [-0.2, 0) is 17.1 Å². The van der Waals surface area contributed by atoms with E-state index >= 15 is 0 Å². The van der Waals surface area contributed by atoms with Crippen LogP contribution in [0.2, 0.25) is 0 Å². The highest BCUT2D eigenvalue weighted by Gasteiger charge is 2.26. The average Bonchev–Trinajstić information content (AvgIpc) is 3.20. The summed E-state index contributed by atoms with van der Waals surface area (Å²) in [4.78, 5) is 25.6. The number of sulfonamides is 1. The molecule has 0 radical (unpaired) electrons. The number of carbonyl (C=O) groups excluding carboxylic acids is 1. The summed E-state index contributed by atoms with van der Waals surface area (Å²) in [5, 5.41) is 8.17. The Hall–Kier alpha value is -3.12. The topological polar surface area (TPSA) is 117 Å². The third-order valence-electron chi connectivity index (χ3n) is 5.68. The third kappa shape index (κ3) is 3.91. The number of nitrogens with zero attached hydrogens (tertiary/aromatic N) is 8. The second kappa shape index (κ2) is 8.79. The zero-order chi connectivity index (χ0) is 22.9. The highest BCUT2D eigenvalue weighted by molar-refractivity contribution is 7.89. The molecule has 0 N–H and O–H groups in total. The molecule has 0 saturated carbocycles. The van der Waals surface area contributed by atoms with E-state index in [0.717, 1.165) is 0 Å². The number of benzene rings is 1. The second-order valence-electron chi connectivity index (χ2n) is 7.48. The smallest absolute Gasteiger partial charge is 0.253 e. The molecule has 1 aliphatic heterocycles. The normalized spacial score (nSPS) is 15.0. The summed E-state index contributed by atoms with van der Waals surface area (Å²) in [6.45, 7) is 6.64. The largest absolute Gasteiger partial charge is 0.351 e. The molecule has 3 aromatic rings. The molecule has 12 heteroatoms. The molecule has 3 heterocycles. The van der Waals surface area contributed by atoms with E-state index in [2.05, 4.69) is 25.2 Å². The highest BCUT2D eigenvalue weighted by atomic mass is 32.2. The summed E-state index contributed by atoms with van der Waals surface area (Å²) in [6, 6.07) is 6.17. The van der Waals surface area contributed by atoms with Gasteiger partial charge in [0.25, 0.3) is 5.91 Å². The SMILES string of the molecule is CCN(CC)S(=O)(=O)c1ccc(C(=O)N2CCN(c3ncnc4c3nnn4C)CC2)cc1. The molecule has 0 spiro atoms. The van der Waals surface area contributed by atoms with Crippen LogP contribution in [0.4, 0.5) is 5.82 Å². The van der Waals surface area contributed by atoms with Crippen LogP contribution in [0.1, 0.15) is 24.2 Å². The molecule has 1 aromatic carbocycles. The van der Waals surface area contributed by atoms with Crippen molar-refractivity contribution in [1.29, 1.82) is 0 Å². The minimum atomic E-state index is -3.55. The van der Waals surface area contributed by atoms with Crippen LogP contribution in [0.15, 0.2) is 35.5 Å². The summed E-state index contributed by atoms with van der Waals surface area (Å²) in [6.07, 6.45) is 1.49. The minimum absolute atomic E-state index is 0.122. The molecular formula is C20H26N8O3S. The molecular weight excluding hydrogens is 432 g/mol. The van der Waals surface area contributed by atoms with Crippen LogP contribution in [0.3, 0.4) is 0 Å². The Kier molecular flexibility index (Phi) is 6.07. The van der Waals surface area contributed by atoms with Gasteiger partial charge < -0.3 is 9.80 Å². The Balaban J connectivity index is 1.44. The van der Waals surface area contributed by atoms with Gasteiger partial charge in [0.2, 0.25) is 10.0 Å². The lowest BCUT2D eigenvalue weighted by molar-refractivity contribution is 0.0746. The van der Waals surface area contributed by atoms with E-state index in [0.29, 0.717) is 61.8 Å². The van der Waals surface area contributed by atoms with Crippen LogP contribution in [0, 0.1) is 0 Å². The molecule has 2 aromatic heterocycles. The standard InChI is InChI=1S/C20H26N8O3S/c1-4-28(5-2)32(30,31)16-8-6-15(7-9-16)20(29)27-12-10-26(11-13-27)19-17-18(21-14-22-19)25(3)24-23-17/h6-9,14H,4-5,10-13H2,1-3H3. The van der Waals surface area contributed by atoms with Gasteiger partial charge in [0.05, 0.1) is 4.90 Å². The second-order valence-corrected chi connectivity index (χ2v) is 9.41. The Morgan fingerprint density at radius 3 is 2.31 bits per heavy atom. The average molecular weight is 459 g/mol. The molecule has 1 saturated heterocycles. The van der Waals surface area contributed by atoms with Gasteiger partial charge >= 0.3 is 0 Å². The molecule has 0 atom stereocenters. The van der Waals surface area contributed by atoms with Crippen molar-refractivity contribution in [1.82, 2.24) is 34.2 Å². The fourth-order valence-electron chi connectivity index (χ4n) is 3.86. The molecule has 11 nitrogen and oxygen atoms in total. The molecule has 4 rings (SSSR count). The molecule has 1 aliphatic rings. The Bertz CT molecular complexity index is 1210. The van der Waals surface area contributed by atoms with Gasteiger partial charge in [-0.05, 0) is 24.3 Å². The monoisotopic (exact) mass is 458 g/mol. The van der Waals surface area contributed by atoms with Gasteiger partial charge in [-0.2, -0.15) is 4.31 Å². The van der Waals surface area contributed by atoms with Crippen LogP contribution in [0.5, 0.6) is 0 Å². The number of fused-ring (bicyclic) bond motifs is 1. The number of carbonyl (C=O) groups is 1. The van der Waals surface area contributed by atoms with Crippen LogP contribution >= 0.6 is 0 Å². The molecule has 0 unspecified atom stereocenters. The first-order valence-electron chi connectivity index (χ1n) is 10.5. The molecule has 1 amide bonds. The van der Waals surface area contributed by atoms with E-state index in [-0.39, 0.29) is 10.8 Å². The summed E-state index contributed by atoms with van der Waals surface area (Å²) in [5.74, 6) is 0.588. The van der Waals surface area contributed by atoms with Crippen LogP contribution < -0.4 is 4.90 Å². The number of piperazine rings is 1. The lowest BCUT2D eigenvalue weighted by atomic mass is 10.2. The predicted octanol–water partition coefficient (Wildman–Crippen LogP) is 0.751. The third-order valence-corrected chi connectivity index (χ3v) is 7.74. The van der Waals surface area contributed by atoms with Gasteiger partial charge in [0, 0.05) is 51.9 Å². The molecule has 170 valence electrons. The van der Waals surface area contributed by atoms with Crippen molar-refractivity contribution in [2.24, 2.45) is 7.05 Å². The van der Waals surface area contributed by atoms with Crippen molar-refractivity contribution in [3.8, 4) is 0 Å². The number of amides is 1. The van der Waals surface area contributed by atoms with Gasteiger partial charge in [-0.1, -0.05) is 19.1 Å².